The Hall–Kier alpha value is -3.95. The highest BCUT2D eigenvalue weighted by atomic mass is 16.6. The molecular weight excluding hydrogens is 378 g/mol. The van der Waals surface area contributed by atoms with E-state index in [1.807, 2.05) is 30.3 Å². The van der Waals surface area contributed by atoms with Crippen LogP contribution in [0.2, 0.25) is 0 Å². The van der Waals surface area contributed by atoms with Crippen LogP contribution in [-0.4, -0.2) is 46.6 Å². The number of hydrogen-bond acceptors (Lipinski definition) is 7. The fraction of sp³-hybridized carbons (Fsp3) is 0.211. The fourth-order valence-electron chi connectivity index (χ4n) is 2.76. The highest BCUT2D eigenvalue weighted by Gasteiger charge is 2.20. The van der Waals surface area contributed by atoms with Crippen molar-refractivity contribution in [3.8, 4) is 17.2 Å². The molecule has 1 aromatic heterocycles. The van der Waals surface area contributed by atoms with Gasteiger partial charge in [0.1, 0.15) is 0 Å². The van der Waals surface area contributed by atoms with Gasteiger partial charge in [0.25, 0.3) is 11.6 Å². The lowest BCUT2D eigenvalue weighted by molar-refractivity contribution is -0.385. The first-order valence-corrected chi connectivity index (χ1v) is 8.68. The molecule has 1 amide bonds. The second-order valence-corrected chi connectivity index (χ2v) is 5.98. The van der Waals surface area contributed by atoms with Crippen LogP contribution in [0, 0.1) is 10.1 Å². The number of carbonyl (C=O) groups is 1. The maximum Gasteiger partial charge on any atom is 0.276 e. The van der Waals surface area contributed by atoms with E-state index >= 15 is 0 Å². The number of hydrogen-bond donors (Lipinski definition) is 1. The van der Waals surface area contributed by atoms with Gasteiger partial charge in [0.2, 0.25) is 0 Å². The lowest BCUT2D eigenvalue weighted by atomic mass is 10.1. The molecule has 29 heavy (non-hydrogen) atoms. The second kappa shape index (κ2) is 8.83. The maximum atomic E-state index is 12.3. The first kappa shape index (κ1) is 19.8. The van der Waals surface area contributed by atoms with Gasteiger partial charge in [0.15, 0.2) is 17.2 Å². The first-order valence-electron chi connectivity index (χ1n) is 8.68. The Labute approximate surface area is 166 Å². The van der Waals surface area contributed by atoms with Crippen LogP contribution >= 0.6 is 0 Å². The van der Waals surface area contributed by atoms with Crippen molar-refractivity contribution in [1.82, 2.24) is 20.3 Å². The number of methoxy groups -OCH3 is 2. The van der Waals surface area contributed by atoms with Crippen LogP contribution in [0.25, 0.3) is 5.69 Å². The molecule has 0 saturated carbocycles. The number of aromatic nitrogens is 3. The van der Waals surface area contributed by atoms with Crippen LogP contribution in [0.15, 0.2) is 48.7 Å². The quantitative estimate of drug-likeness (QED) is 0.457. The molecule has 2 aromatic carbocycles. The van der Waals surface area contributed by atoms with Gasteiger partial charge in [-0.2, -0.15) is 0 Å². The summed E-state index contributed by atoms with van der Waals surface area (Å²) >= 11 is 0. The summed E-state index contributed by atoms with van der Waals surface area (Å²) in [5, 5.41) is 21.9. The molecule has 0 radical (unpaired) electrons. The Kier molecular flexibility index (Phi) is 6.03. The summed E-state index contributed by atoms with van der Waals surface area (Å²) in [6.45, 7) is 0.174. The van der Waals surface area contributed by atoms with Gasteiger partial charge in [0, 0.05) is 12.1 Å². The summed E-state index contributed by atoms with van der Waals surface area (Å²) in [4.78, 5) is 23.2. The molecule has 0 spiro atoms. The number of ether oxygens (including phenoxy) is 2. The van der Waals surface area contributed by atoms with E-state index in [1.54, 1.807) is 0 Å². The van der Waals surface area contributed by atoms with E-state index in [9.17, 15) is 14.9 Å². The van der Waals surface area contributed by atoms with Gasteiger partial charge in [-0.3, -0.25) is 14.9 Å². The number of nitro benzene ring substituents is 1. The number of nitrogens with one attached hydrogen (secondary N) is 1. The number of carbonyl (C=O) groups excluding carboxylic acids is 1. The molecule has 0 bridgehead atoms. The molecule has 3 rings (SSSR count). The molecule has 10 nitrogen and oxygen atoms in total. The maximum absolute atomic E-state index is 12.3. The zero-order chi connectivity index (χ0) is 20.8. The lowest BCUT2D eigenvalue weighted by Crippen LogP contribution is -2.26. The van der Waals surface area contributed by atoms with E-state index < -0.39 is 10.8 Å². The molecular formula is C19H19N5O5. The topological polar surface area (TPSA) is 121 Å². The Balaban J connectivity index is 1.67. The highest BCUT2D eigenvalue weighted by Crippen LogP contribution is 2.34. The molecule has 3 aromatic rings. The van der Waals surface area contributed by atoms with Crippen LogP contribution in [-0.2, 0) is 6.42 Å². The largest absolute Gasteiger partial charge is 0.493 e. The monoisotopic (exact) mass is 397 g/mol. The molecule has 1 heterocycles. The number of nitro groups is 1. The van der Waals surface area contributed by atoms with Crippen molar-refractivity contribution >= 4 is 11.6 Å². The molecule has 0 unspecified atom stereocenters. The van der Waals surface area contributed by atoms with E-state index in [1.165, 1.54) is 37.2 Å². The zero-order valence-electron chi connectivity index (χ0n) is 15.9. The third-order valence-corrected chi connectivity index (χ3v) is 4.21. The van der Waals surface area contributed by atoms with Crippen LogP contribution in [0.3, 0.4) is 0 Å². The molecule has 1 N–H and O–H groups in total. The summed E-state index contributed by atoms with van der Waals surface area (Å²) in [5.74, 6) is 0.227. The van der Waals surface area contributed by atoms with Gasteiger partial charge in [-0.25, -0.2) is 4.68 Å². The van der Waals surface area contributed by atoms with Crippen molar-refractivity contribution in [3.05, 3.63) is 70.0 Å². The number of benzene rings is 2. The predicted octanol–water partition coefficient (Wildman–Crippen LogP) is 2.17. The van der Waals surface area contributed by atoms with E-state index in [0.29, 0.717) is 11.3 Å². The van der Waals surface area contributed by atoms with Crippen molar-refractivity contribution in [2.24, 2.45) is 0 Å². The summed E-state index contributed by atoms with van der Waals surface area (Å²) in [6.07, 6.45) is 1.75. The number of nitrogens with zero attached hydrogens (tertiary/aromatic N) is 4. The first-order chi connectivity index (χ1) is 14.0. The Morgan fingerprint density at radius 3 is 2.52 bits per heavy atom. The zero-order valence-corrected chi connectivity index (χ0v) is 15.9. The molecule has 10 heteroatoms. The third-order valence-electron chi connectivity index (χ3n) is 4.21. The van der Waals surface area contributed by atoms with E-state index in [0.717, 1.165) is 5.69 Å². The minimum Gasteiger partial charge on any atom is -0.493 e. The molecule has 0 fully saturated rings. The van der Waals surface area contributed by atoms with Gasteiger partial charge in [-0.15, -0.1) is 5.10 Å². The highest BCUT2D eigenvalue weighted by molar-refractivity contribution is 5.91. The minimum atomic E-state index is -0.495. The predicted molar refractivity (Wildman–Crippen MR) is 104 cm³/mol. The SMILES string of the molecule is COc1cc(CCNC(=O)c2cn(-c3ccccc3)nn2)c([N+](=O)[O-])cc1OC. The van der Waals surface area contributed by atoms with Gasteiger partial charge in [0.05, 0.1) is 37.1 Å². The normalized spacial score (nSPS) is 10.4. The molecule has 0 aliphatic rings. The molecule has 0 aliphatic carbocycles. The Morgan fingerprint density at radius 1 is 1.17 bits per heavy atom. The number of amides is 1. The van der Waals surface area contributed by atoms with Gasteiger partial charge >= 0.3 is 0 Å². The number of para-hydroxylation sites is 1. The smallest absolute Gasteiger partial charge is 0.276 e. The van der Waals surface area contributed by atoms with Crippen LogP contribution < -0.4 is 14.8 Å². The fourth-order valence-corrected chi connectivity index (χ4v) is 2.76. The van der Waals surface area contributed by atoms with Gasteiger partial charge in [-0.05, 0) is 24.6 Å². The van der Waals surface area contributed by atoms with Crippen molar-refractivity contribution in [2.45, 2.75) is 6.42 Å². The average Bonchev–Trinajstić information content (AvgIpc) is 3.24. The van der Waals surface area contributed by atoms with Crippen molar-refractivity contribution < 1.29 is 19.2 Å². The van der Waals surface area contributed by atoms with Crippen molar-refractivity contribution in [3.63, 3.8) is 0 Å². The summed E-state index contributed by atoms with van der Waals surface area (Å²) in [7, 11) is 2.86. The number of rotatable bonds is 8. The van der Waals surface area contributed by atoms with Gasteiger partial charge in [-0.1, -0.05) is 23.4 Å². The van der Waals surface area contributed by atoms with Crippen molar-refractivity contribution in [2.75, 3.05) is 20.8 Å². The second-order valence-electron chi connectivity index (χ2n) is 5.98. The molecule has 0 aliphatic heterocycles. The van der Waals surface area contributed by atoms with E-state index in [4.69, 9.17) is 9.47 Å². The Bertz CT molecular complexity index is 1020. The van der Waals surface area contributed by atoms with Gasteiger partial charge < -0.3 is 14.8 Å². The van der Waals surface area contributed by atoms with Crippen LogP contribution in [0.4, 0.5) is 5.69 Å². The van der Waals surface area contributed by atoms with Crippen LogP contribution in [0.5, 0.6) is 11.5 Å². The molecule has 150 valence electrons. The summed E-state index contributed by atoms with van der Waals surface area (Å²) in [6, 6.07) is 12.1. The minimum absolute atomic E-state index is 0.105. The molecule has 0 saturated heterocycles. The van der Waals surface area contributed by atoms with E-state index in [2.05, 4.69) is 15.6 Å². The van der Waals surface area contributed by atoms with Crippen molar-refractivity contribution in [1.29, 1.82) is 0 Å². The van der Waals surface area contributed by atoms with Crippen LogP contribution in [0.1, 0.15) is 16.1 Å². The standard InChI is InChI=1S/C19H19N5O5/c1-28-17-10-13(16(24(26)27)11-18(17)29-2)8-9-20-19(25)15-12-23(22-21-15)14-6-4-3-5-7-14/h3-7,10-12H,8-9H2,1-2H3,(H,20,25). The van der Waals surface area contributed by atoms with E-state index in [-0.39, 0.29) is 30.1 Å². The average molecular weight is 397 g/mol. The summed E-state index contributed by atoms with van der Waals surface area (Å²) < 4.78 is 11.8. The summed E-state index contributed by atoms with van der Waals surface area (Å²) in [5.41, 5.74) is 1.24. The molecule has 0 atom stereocenters. The Morgan fingerprint density at radius 2 is 1.86 bits per heavy atom. The third kappa shape index (κ3) is 4.49. The lowest BCUT2D eigenvalue weighted by Gasteiger charge is -2.10.